The van der Waals surface area contributed by atoms with Crippen molar-refractivity contribution in [2.75, 3.05) is 12.4 Å². The number of carbonyl (C=O) groups is 3. The first-order valence-electron chi connectivity index (χ1n) is 10.8. The number of H-pyrrole nitrogens is 1. The Morgan fingerprint density at radius 1 is 1.03 bits per heavy atom. The molecule has 178 valence electrons. The fourth-order valence-electron chi connectivity index (χ4n) is 3.32. The minimum atomic E-state index is -0.566. The lowest BCUT2D eigenvalue weighted by Crippen LogP contribution is -2.11. The van der Waals surface area contributed by atoms with Gasteiger partial charge in [0.15, 0.2) is 5.69 Å². The summed E-state index contributed by atoms with van der Waals surface area (Å²) in [4.78, 5) is 38.4. The molecule has 3 aromatic rings. The smallest absolute Gasteiger partial charge is 0.305 e. The van der Waals surface area contributed by atoms with Gasteiger partial charge in [0.1, 0.15) is 0 Å². The molecule has 0 unspecified atom stereocenters. The molecule has 10 heteroatoms. The molecule has 0 bridgehead atoms. The largest absolute Gasteiger partial charge is 0.493 e. The van der Waals surface area contributed by atoms with Crippen LogP contribution in [0.5, 0.6) is 5.88 Å². The van der Waals surface area contributed by atoms with Gasteiger partial charge in [0, 0.05) is 33.0 Å². The molecule has 2 aromatic carbocycles. The molecule has 1 heterocycles. The quantitative estimate of drug-likeness (QED) is 0.120. The van der Waals surface area contributed by atoms with Gasteiger partial charge in [0.2, 0.25) is 11.8 Å². The summed E-state index contributed by atoms with van der Waals surface area (Å²) in [6.45, 7) is 0. The van der Waals surface area contributed by atoms with Gasteiger partial charge < -0.3 is 20.1 Å². The number of methoxy groups -OCH3 is 1. The number of carbonyl (C=O) groups excluding carboxylic acids is 3. The van der Waals surface area contributed by atoms with Gasteiger partial charge in [-0.15, -0.1) is 10.2 Å². The highest BCUT2D eigenvalue weighted by Crippen LogP contribution is 2.36. The van der Waals surface area contributed by atoms with E-state index in [0.29, 0.717) is 35.0 Å². The zero-order valence-electron chi connectivity index (χ0n) is 18.6. The minimum absolute atomic E-state index is 0.115. The number of aromatic hydroxyl groups is 1. The summed E-state index contributed by atoms with van der Waals surface area (Å²) in [7, 11) is 1.37. The van der Waals surface area contributed by atoms with Crippen LogP contribution in [0, 0.1) is 3.57 Å². The van der Waals surface area contributed by atoms with Crippen LogP contribution >= 0.6 is 22.6 Å². The van der Waals surface area contributed by atoms with Gasteiger partial charge in [-0.2, -0.15) is 0 Å². The maximum Gasteiger partial charge on any atom is 0.305 e. The minimum Gasteiger partial charge on any atom is -0.493 e. The number of rotatable bonds is 10. The number of benzene rings is 2. The second kappa shape index (κ2) is 12.3. The summed E-state index contributed by atoms with van der Waals surface area (Å²) in [5, 5.41) is 21.2. The van der Waals surface area contributed by atoms with Gasteiger partial charge in [0.25, 0.3) is 5.91 Å². The van der Waals surface area contributed by atoms with Gasteiger partial charge in [-0.1, -0.05) is 12.8 Å². The Labute approximate surface area is 210 Å². The van der Waals surface area contributed by atoms with E-state index in [2.05, 4.69) is 47.9 Å². The molecular formula is C24H25IN4O5. The van der Waals surface area contributed by atoms with Crippen LogP contribution in [0.15, 0.2) is 52.7 Å². The summed E-state index contributed by atoms with van der Waals surface area (Å²) in [6, 6.07) is 11.9. The number of azo groups is 1. The maximum absolute atomic E-state index is 12.4. The van der Waals surface area contributed by atoms with Gasteiger partial charge >= 0.3 is 5.97 Å². The molecule has 0 aliphatic heterocycles. The maximum atomic E-state index is 12.4. The second-order valence-electron chi connectivity index (χ2n) is 7.63. The van der Waals surface area contributed by atoms with Gasteiger partial charge in [-0.3, -0.25) is 14.4 Å². The van der Waals surface area contributed by atoms with E-state index in [-0.39, 0.29) is 23.4 Å². The molecule has 0 saturated heterocycles. The van der Waals surface area contributed by atoms with Gasteiger partial charge in [-0.05, 0) is 77.9 Å². The van der Waals surface area contributed by atoms with E-state index in [4.69, 9.17) is 0 Å². The van der Waals surface area contributed by atoms with Crippen LogP contribution in [0.4, 0.5) is 11.4 Å². The molecule has 34 heavy (non-hydrogen) atoms. The Morgan fingerprint density at radius 2 is 1.74 bits per heavy atom. The molecule has 3 rings (SSSR count). The first-order valence-corrected chi connectivity index (χ1v) is 11.9. The van der Waals surface area contributed by atoms with E-state index >= 15 is 0 Å². The number of ether oxygens (including phenoxy) is 1. The third kappa shape index (κ3) is 7.11. The molecular weight excluding hydrogens is 551 g/mol. The summed E-state index contributed by atoms with van der Waals surface area (Å²) in [6.07, 6.45) is 3.97. The van der Waals surface area contributed by atoms with Crippen molar-refractivity contribution in [1.29, 1.82) is 0 Å². The van der Waals surface area contributed by atoms with Crippen molar-refractivity contribution < 1.29 is 24.2 Å². The fourth-order valence-corrected chi connectivity index (χ4v) is 3.81. The van der Waals surface area contributed by atoms with Crippen molar-refractivity contribution in [2.45, 2.75) is 38.5 Å². The molecule has 2 amide bonds. The molecule has 0 atom stereocenters. The van der Waals surface area contributed by atoms with Crippen molar-refractivity contribution in [1.82, 2.24) is 4.98 Å². The number of fused-ring (bicyclic) bond motifs is 1. The first-order chi connectivity index (χ1) is 16.4. The number of anilines is 1. The van der Waals surface area contributed by atoms with Crippen LogP contribution in [0.2, 0.25) is 0 Å². The van der Waals surface area contributed by atoms with Crippen LogP contribution in [-0.2, 0) is 14.3 Å². The van der Waals surface area contributed by atoms with E-state index in [1.807, 2.05) is 18.2 Å². The molecule has 0 aliphatic rings. The second-order valence-corrected chi connectivity index (χ2v) is 8.88. The summed E-state index contributed by atoms with van der Waals surface area (Å²) in [5.41, 5.74) is 1.78. The lowest BCUT2D eigenvalue weighted by molar-refractivity contribution is -0.140. The summed E-state index contributed by atoms with van der Waals surface area (Å²) >= 11 is 2.15. The SMILES string of the molecule is COC(=O)CCCCCCC(=O)Nc1ccc(C(=O)N=Nc2c(O)[nH]c3ccc(I)cc23)cc1. The van der Waals surface area contributed by atoms with Gasteiger partial charge in [-0.25, -0.2) is 0 Å². The van der Waals surface area contributed by atoms with E-state index < -0.39 is 5.91 Å². The number of hydrogen-bond acceptors (Lipinski definition) is 6. The Balaban J connectivity index is 1.49. The Morgan fingerprint density at radius 3 is 2.44 bits per heavy atom. The van der Waals surface area contributed by atoms with E-state index in [0.717, 1.165) is 29.3 Å². The first kappa shape index (κ1) is 25.3. The normalized spacial score (nSPS) is 11.1. The van der Waals surface area contributed by atoms with E-state index in [1.165, 1.54) is 7.11 Å². The van der Waals surface area contributed by atoms with Crippen LogP contribution in [0.25, 0.3) is 10.9 Å². The number of nitrogens with one attached hydrogen (secondary N) is 2. The third-order valence-corrected chi connectivity index (χ3v) is 5.80. The third-order valence-electron chi connectivity index (χ3n) is 5.13. The van der Waals surface area contributed by atoms with E-state index in [1.54, 1.807) is 24.3 Å². The predicted octanol–water partition coefficient (Wildman–Crippen LogP) is 5.85. The fraction of sp³-hybridized carbons (Fsp3) is 0.292. The Hall–Kier alpha value is -3.28. The van der Waals surface area contributed by atoms with Crippen molar-refractivity contribution in [3.63, 3.8) is 0 Å². The molecule has 0 radical (unpaired) electrons. The number of esters is 1. The van der Waals surface area contributed by atoms with Crippen molar-refractivity contribution in [3.05, 3.63) is 51.6 Å². The topological polar surface area (TPSA) is 133 Å². The molecule has 0 aliphatic carbocycles. The highest BCUT2D eigenvalue weighted by Gasteiger charge is 2.12. The Kier molecular flexibility index (Phi) is 9.14. The standard InChI is InChI=1S/C24H25IN4O5/c1-34-21(31)7-5-3-2-4-6-20(30)26-17-11-8-15(9-12-17)23(32)29-28-22-18-14-16(25)10-13-19(18)27-24(22)33/h8-14,27,33H,2-7H2,1H3,(H,26,30). The van der Waals surface area contributed by atoms with Crippen LogP contribution in [0.3, 0.4) is 0 Å². The lowest BCUT2D eigenvalue weighted by Gasteiger charge is -2.06. The number of aromatic nitrogens is 1. The number of hydrogen-bond donors (Lipinski definition) is 3. The zero-order chi connectivity index (χ0) is 24.5. The monoisotopic (exact) mass is 576 g/mol. The number of nitrogens with zero attached hydrogens (tertiary/aromatic N) is 2. The predicted molar refractivity (Wildman–Crippen MR) is 136 cm³/mol. The van der Waals surface area contributed by atoms with E-state index in [9.17, 15) is 19.5 Å². The molecule has 0 fully saturated rings. The number of amides is 2. The molecule has 3 N–H and O–H groups in total. The number of aromatic amines is 1. The highest BCUT2D eigenvalue weighted by molar-refractivity contribution is 14.1. The van der Waals surface area contributed by atoms with Crippen molar-refractivity contribution in [2.24, 2.45) is 10.2 Å². The zero-order valence-corrected chi connectivity index (χ0v) is 20.8. The summed E-state index contributed by atoms with van der Waals surface area (Å²) < 4.78 is 5.55. The average Bonchev–Trinajstić information content (AvgIpc) is 3.14. The van der Waals surface area contributed by atoms with Gasteiger partial charge in [0.05, 0.1) is 12.6 Å². The number of unbranched alkanes of at least 4 members (excludes halogenated alkanes) is 3. The molecule has 0 spiro atoms. The molecule has 1 aromatic heterocycles. The van der Waals surface area contributed by atoms with Crippen LogP contribution < -0.4 is 5.32 Å². The molecule has 0 saturated carbocycles. The lowest BCUT2D eigenvalue weighted by atomic mass is 10.1. The molecule has 9 nitrogen and oxygen atoms in total. The van der Waals surface area contributed by atoms with Crippen molar-refractivity contribution in [3.8, 4) is 5.88 Å². The highest BCUT2D eigenvalue weighted by atomic mass is 127. The average molecular weight is 576 g/mol. The van der Waals surface area contributed by atoms with Crippen molar-refractivity contribution >= 4 is 62.7 Å². The number of halogens is 1. The van der Waals surface area contributed by atoms with Crippen LogP contribution in [-0.4, -0.2) is 35.0 Å². The summed E-state index contributed by atoms with van der Waals surface area (Å²) in [5.74, 6) is -1.05. The Bertz CT molecular complexity index is 1200. The van der Waals surface area contributed by atoms with Crippen LogP contribution in [0.1, 0.15) is 48.9 Å².